The van der Waals surface area contributed by atoms with Crippen LogP contribution in [0.3, 0.4) is 0 Å². The van der Waals surface area contributed by atoms with E-state index < -0.39 is 0 Å². The van der Waals surface area contributed by atoms with Gasteiger partial charge in [-0.2, -0.15) is 0 Å². The molecule has 0 N–H and O–H groups in total. The van der Waals surface area contributed by atoms with Gasteiger partial charge in [0.25, 0.3) is 0 Å². The lowest BCUT2D eigenvalue weighted by Crippen LogP contribution is -2.24. The number of rotatable bonds is 7. The predicted octanol–water partition coefficient (Wildman–Crippen LogP) is 3.35. The van der Waals surface area contributed by atoms with E-state index in [-0.39, 0.29) is 11.6 Å². The number of Topliss-reactive ketones (excluding diaryl/α,β-unsaturated/α-hetero) is 2. The molecule has 0 aromatic carbocycles. The maximum absolute atomic E-state index is 12.0. The minimum Gasteiger partial charge on any atom is -0.496 e. The second kappa shape index (κ2) is 7.14. The van der Waals surface area contributed by atoms with Crippen LogP contribution in [-0.4, -0.2) is 18.7 Å². The maximum atomic E-state index is 12.0. The van der Waals surface area contributed by atoms with E-state index >= 15 is 0 Å². The van der Waals surface area contributed by atoms with Crippen LogP contribution < -0.4 is 0 Å². The smallest absolute Gasteiger partial charge is 0.232 e. The molecule has 0 heterocycles. The molecule has 0 fully saturated rings. The molecular formula is C15H22O3. The predicted molar refractivity (Wildman–Crippen MR) is 71.2 cm³/mol. The van der Waals surface area contributed by atoms with E-state index in [1.165, 1.54) is 0 Å². The van der Waals surface area contributed by atoms with E-state index in [1.807, 2.05) is 0 Å². The van der Waals surface area contributed by atoms with Crippen LogP contribution in [0.15, 0.2) is 23.0 Å². The summed E-state index contributed by atoms with van der Waals surface area (Å²) in [7, 11) is 1.55. The monoisotopic (exact) mass is 250 g/mol. The van der Waals surface area contributed by atoms with Crippen molar-refractivity contribution in [2.45, 2.75) is 52.4 Å². The average molecular weight is 250 g/mol. The van der Waals surface area contributed by atoms with E-state index in [0.29, 0.717) is 29.7 Å². The number of ketones is 2. The number of allylic oxidation sites excluding steroid dienone is 3. The highest BCUT2D eigenvalue weighted by molar-refractivity contribution is 6.50. The summed E-state index contributed by atoms with van der Waals surface area (Å²) in [6, 6.07) is 0. The Labute approximate surface area is 109 Å². The number of carbonyl (C=O) groups excluding carboxylic acids is 2. The number of hydrogen-bond donors (Lipinski definition) is 0. The van der Waals surface area contributed by atoms with E-state index in [1.54, 1.807) is 13.2 Å². The highest BCUT2D eigenvalue weighted by atomic mass is 16.5. The standard InChI is InChI=1S/C15H22O3/c1-4-6-8-11-10-13(18-3)12(9-7-5-2)15(17)14(11)16/h10H,4-9H2,1-3H3. The van der Waals surface area contributed by atoms with E-state index in [9.17, 15) is 9.59 Å². The maximum Gasteiger partial charge on any atom is 0.232 e. The Hall–Kier alpha value is -1.38. The van der Waals surface area contributed by atoms with Crippen LogP contribution >= 0.6 is 0 Å². The van der Waals surface area contributed by atoms with Gasteiger partial charge in [0.1, 0.15) is 5.76 Å². The molecule has 0 aromatic rings. The van der Waals surface area contributed by atoms with Gasteiger partial charge in [0.05, 0.1) is 7.11 Å². The second-order valence-corrected chi connectivity index (χ2v) is 4.58. The Kier molecular flexibility index (Phi) is 5.83. The number of hydrogen-bond acceptors (Lipinski definition) is 3. The fourth-order valence-electron chi connectivity index (χ4n) is 2.03. The molecule has 3 nitrogen and oxygen atoms in total. The van der Waals surface area contributed by atoms with Crippen molar-refractivity contribution in [2.24, 2.45) is 0 Å². The molecule has 0 saturated carbocycles. The van der Waals surface area contributed by atoms with Crippen molar-refractivity contribution in [3.63, 3.8) is 0 Å². The number of methoxy groups -OCH3 is 1. The third-order valence-electron chi connectivity index (χ3n) is 3.17. The summed E-state index contributed by atoms with van der Waals surface area (Å²) in [6.45, 7) is 4.13. The Bertz CT molecular complexity index is 389. The van der Waals surface area contributed by atoms with Crippen LogP contribution in [0.4, 0.5) is 0 Å². The first kappa shape index (κ1) is 14.7. The summed E-state index contributed by atoms with van der Waals surface area (Å²) in [5.74, 6) is -0.122. The molecule has 1 aliphatic rings. The third kappa shape index (κ3) is 3.31. The minimum atomic E-state index is -0.367. The molecule has 0 saturated heterocycles. The molecule has 1 aliphatic carbocycles. The molecule has 1 rings (SSSR count). The van der Waals surface area contributed by atoms with Gasteiger partial charge in [0.15, 0.2) is 0 Å². The van der Waals surface area contributed by atoms with Gasteiger partial charge in [-0.1, -0.05) is 26.7 Å². The van der Waals surface area contributed by atoms with Crippen LogP contribution in [0.1, 0.15) is 52.4 Å². The lowest BCUT2D eigenvalue weighted by molar-refractivity contribution is -0.132. The van der Waals surface area contributed by atoms with Crippen LogP contribution in [0, 0.1) is 0 Å². The van der Waals surface area contributed by atoms with Crippen molar-refractivity contribution in [3.05, 3.63) is 23.0 Å². The summed E-state index contributed by atoms with van der Waals surface area (Å²) in [4.78, 5) is 24.0. The van der Waals surface area contributed by atoms with Crippen molar-refractivity contribution in [1.82, 2.24) is 0 Å². The molecule has 3 heteroatoms. The van der Waals surface area contributed by atoms with E-state index in [0.717, 1.165) is 25.7 Å². The molecule has 0 amide bonds. The lowest BCUT2D eigenvalue weighted by Gasteiger charge is -2.17. The van der Waals surface area contributed by atoms with Gasteiger partial charge in [0.2, 0.25) is 11.6 Å². The average Bonchev–Trinajstić information content (AvgIpc) is 2.39. The van der Waals surface area contributed by atoms with Gasteiger partial charge in [-0.15, -0.1) is 0 Å². The van der Waals surface area contributed by atoms with E-state index in [4.69, 9.17) is 4.74 Å². The molecule has 0 spiro atoms. The van der Waals surface area contributed by atoms with Gasteiger partial charge < -0.3 is 4.74 Å². The molecule has 0 aliphatic heterocycles. The first-order chi connectivity index (χ1) is 8.65. The first-order valence-corrected chi connectivity index (χ1v) is 6.72. The molecule has 0 aromatic heterocycles. The summed E-state index contributed by atoms with van der Waals surface area (Å²) in [5.41, 5.74) is 1.14. The summed E-state index contributed by atoms with van der Waals surface area (Å²) < 4.78 is 5.26. The second-order valence-electron chi connectivity index (χ2n) is 4.58. The van der Waals surface area contributed by atoms with Crippen molar-refractivity contribution >= 4 is 11.6 Å². The third-order valence-corrected chi connectivity index (χ3v) is 3.17. The zero-order valence-electron chi connectivity index (χ0n) is 11.5. The molecule has 18 heavy (non-hydrogen) atoms. The molecule has 0 bridgehead atoms. The number of unbranched alkanes of at least 4 members (excludes halogenated alkanes) is 2. The Balaban J connectivity index is 2.97. The van der Waals surface area contributed by atoms with Crippen molar-refractivity contribution in [3.8, 4) is 0 Å². The first-order valence-electron chi connectivity index (χ1n) is 6.72. The van der Waals surface area contributed by atoms with E-state index in [2.05, 4.69) is 13.8 Å². The molecule has 0 unspecified atom stereocenters. The number of carbonyl (C=O) groups is 2. The Morgan fingerprint density at radius 1 is 1.00 bits per heavy atom. The minimum absolute atomic E-state index is 0.338. The lowest BCUT2D eigenvalue weighted by atomic mass is 9.89. The molecule has 0 atom stereocenters. The van der Waals surface area contributed by atoms with Crippen molar-refractivity contribution < 1.29 is 14.3 Å². The quantitative estimate of drug-likeness (QED) is 0.514. The van der Waals surface area contributed by atoms with Gasteiger partial charge >= 0.3 is 0 Å². The van der Waals surface area contributed by atoms with Crippen LogP contribution in [0.25, 0.3) is 0 Å². The highest BCUT2D eigenvalue weighted by Crippen LogP contribution is 2.25. The van der Waals surface area contributed by atoms with Crippen molar-refractivity contribution in [2.75, 3.05) is 7.11 Å². The van der Waals surface area contributed by atoms with Gasteiger partial charge in [-0.05, 0) is 31.8 Å². The Morgan fingerprint density at radius 3 is 2.17 bits per heavy atom. The summed E-state index contributed by atoms with van der Waals surface area (Å²) >= 11 is 0. The van der Waals surface area contributed by atoms with Crippen LogP contribution in [0.5, 0.6) is 0 Å². The van der Waals surface area contributed by atoms with Gasteiger partial charge in [-0.3, -0.25) is 9.59 Å². The zero-order chi connectivity index (χ0) is 13.5. The zero-order valence-corrected chi connectivity index (χ0v) is 11.5. The van der Waals surface area contributed by atoms with Gasteiger partial charge in [-0.25, -0.2) is 0 Å². The van der Waals surface area contributed by atoms with Gasteiger partial charge in [0, 0.05) is 11.1 Å². The normalized spacial score (nSPS) is 16.1. The molecule has 100 valence electrons. The van der Waals surface area contributed by atoms with Crippen LogP contribution in [0.2, 0.25) is 0 Å². The highest BCUT2D eigenvalue weighted by Gasteiger charge is 2.29. The largest absolute Gasteiger partial charge is 0.496 e. The fourth-order valence-corrected chi connectivity index (χ4v) is 2.03. The summed E-state index contributed by atoms with van der Waals surface area (Å²) in [5, 5.41) is 0. The Morgan fingerprint density at radius 2 is 1.61 bits per heavy atom. The fraction of sp³-hybridized carbons (Fsp3) is 0.600. The topological polar surface area (TPSA) is 43.4 Å². The number of ether oxygens (including phenoxy) is 1. The molecular weight excluding hydrogens is 228 g/mol. The molecule has 0 radical (unpaired) electrons. The van der Waals surface area contributed by atoms with Crippen molar-refractivity contribution in [1.29, 1.82) is 0 Å². The summed E-state index contributed by atoms with van der Waals surface area (Å²) in [6.07, 6.45) is 6.87. The SMILES string of the molecule is CCCCC1=CC(OC)=C(CCCC)C(=O)C1=O. The van der Waals surface area contributed by atoms with Crippen LogP contribution in [-0.2, 0) is 14.3 Å².